The molecule has 0 radical (unpaired) electrons. The quantitative estimate of drug-likeness (QED) is 0.398. The predicted octanol–water partition coefficient (Wildman–Crippen LogP) is 9.64. The summed E-state index contributed by atoms with van der Waals surface area (Å²) in [7, 11) is -0.0869. The van der Waals surface area contributed by atoms with Crippen molar-refractivity contribution in [1.82, 2.24) is 0 Å². The predicted molar refractivity (Wildman–Crippen MR) is 148 cm³/mol. The maximum Gasteiger partial charge on any atom is -0.00664 e. The molecule has 3 rings (SSSR count). The Balaban J connectivity index is 2.46. The molecule has 2 aromatic rings. The van der Waals surface area contributed by atoms with Gasteiger partial charge in [0, 0.05) is 0 Å². The van der Waals surface area contributed by atoms with Gasteiger partial charge in [0.15, 0.2) is 0 Å². The maximum atomic E-state index is 2.55. The van der Waals surface area contributed by atoms with Crippen LogP contribution in [0.1, 0.15) is 124 Å². The van der Waals surface area contributed by atoms with Gasteiger partial charge in [-0.15, -0.1) is 0 Å². The second kappa shape index (κ2) is 10.4. The summed E-state index contributed by atoms with van der Waals surface area (Å²) in [6.45, 7) is 23.8. The number of hydrogen-bond donors (Lipinski definition) is 0. The van der Waals surface area contributed by atoms with Crippen LogP contribution in [-0.2, 0) is 0 Å². The van der Waals surface area contributed by atoms with Gasteiger partial charge in [-0.3, -0.25) is 0 Å². The third kappa shape index (κ3) is 4.87. The Morgan fingerprint density at radius 2 is 1.03 bits per heavy atom. The van der Waals surface area contributed by atoms with Crippen LogP contribution in [0, 0.1) is 27.7 Å². The molecule has 1 saturated heterocycles. The van der Waals surface area contributed by atoms with E-state index in [1.54, 1.807) is 33.1 Å². The Labute approximate surface area is 200 Å². The molecule has 0 aromatic heterocycles. The summed E-state index contributed by atoms with van der Waals surface area (Å²) in [6.07, 6.45) is 8.52. The summed E-state index contributed by atoms with van der Waals surface area (Å²) in [6, 6.07) is 5.09. The zero-order valence-corrected chi connectivity index (χ0v) is 23.5. The van der Waals surface area contributed by atoms with Gasteiger partial charge in [-0.2, -0.15) is 0 Å². The summed E-state index contributed by atoms with van der Waals surface area (Å²) < 4.78 is 0. The highest BCUT2D eigenvalue weighted by molar-refractivity contribution is 7.66. The highest BCUT2D eigenvalue weighted by Gasteiger charge is 2.28. The average Bonchev–Trinajstić information content (AvgIpc) is 3.02. The van der Waals surface area contributed by atoms with E-state index in [1.807, 2.05) is 0 Å². The van der Waals surface area contributed by atoms with E-state index in [0.29, 0.717) is 17.8 Å². The Hall–Kier alpha value is -1.13. The monoisotopic (exact) mass is 450 g/mol. The molecule has 1 fully saturated rings. The molecule has 0 saturated carbocycles. The van der Waals surface area contributed by atoms with Crippen LogP contribution in [0.2, 0.25) is 0 Å². The van der Waals surface area contributed by atoms with Crippen molar-refractivity contribution >= 4 is 13.2 Å². The summed E-state index contributed by atoms with van der Waals surface area (Å²) in [5, 5.41) is 1.75. The lowest BCUT2D eigenvalue weighted by atomic mass is 9.79. The molecule has 32 heavy (non-hydrogen) atoms. The number of rotatable bonds is 5. The molecule has 0 N–H and O–H groups in total. The molecule has 1 heteroatoms. The van der Waals surface area contributed by atoms with E-state index in [0.717, 1.165) is 0 Å². The largest absolute Gasteiger partial charge is 0.0743 e. The Morgan fingerprint density at radius 3 is 1.47 bits per heavy atom. The maximum absolute atomic E-state index is 2.55. The van der Waals surface area contributed by atoms with Gasteiger partial charge < -0.3 is 0 Å². The molecular formula is C31H47P. The summed E-state index contributed by atoms with van der Waals surface area (Å²) in [4.78, 5) is 0. The molecule has 176 valence electrons. The van der Waals surface area contributed by atoms with E-state index >= 15 is 0 Å². The van der Waals surface area contributed by atoms with Crippen LogP contribution in [0.25, 0.3) is 11.1 Å². The van der Waals surface area contributed by atoms with Gasteiger partial charge in [0.1, 0.15) is 0 Å². The van der Waals surface area contributed by atoms with E-state index < -0.39 is 0 Å². The summed E-state index contributed by atoms with van der Waals surface area (Å²) in [5.74, 6) is 1.61. The van der Waals surface area contributed by atoms with E-state index in [4.69, 9.17) is 0 Å². The number of benzene rings is 2. The minimum absolute atomic E-state index is 0.0869. The van der Waals surface area contributed by atoms with Crippen LogP contribution in [0.3, 0.4) is 0 Å². The minimum atomic E-state index is -0.0869. The zero-order chi connectivity index (χ0) is 23.7. The van der Waals surface area contributed by atoms with Gasteiger partial charge in [0.2, 0.25) is 0 Å². The summed E-state index contributed by atoms with van der Waals surface area (Å²) >= 11 is 0. The Morgan fingerprint density at radius 1 is 0.562 bits per heavy atom. The molecule has 1 heterocycles. The van der Waals surface area contributed by atoms with Crippen molar-refractivity contribution in [1.29, 1.82) is 0 Å². The van der Waals surface area contributed by atoms with Crippen LogP contribution >= 0.6 is 7.92 Å². The first-order valence-corrected chi connectivity index (χ1v) is 14.8. The van der Waals surface area contributed by atoms with Gasteiger partial charge in [-0.25, -0.2) is 0 Å². The van der Waals surface area contributed by atoms with Crippen molar-refractivity contribution in [2.75, 3.05) is 12.3 Å². The van der Waals surface area contributed by atoms with E-state index in [-0.39, 0.29) is 7.92 Å². The van der Waals surface area contributed by atoms with Gasteiger partial charge in [-0.1, -0.05) is 74.4 Å². The van der Waals surface area contributed by atoms with E-state index in [2.05, 4.69) is 81.4 Å². The smallest absolute Gasteiger partial charge is 0.00664 e. The SMILES string of the molecule is Cc1c(C)c(C)c(P2CCCCCC2)c(-c2c(C(C)C)cc(C(C)C)cc2C(C)C)c1C. The van der Waals surface area contributed by atoms with Crippen molar-refractivity contribution in [3.05, 3.63) is 51.1 Å². The van der Waals surface area contributed by atoms with Gasteiger partial charge in [0.05, 0.1) is 0 Å². The first-order chi connectivity index (χ1) is 15.1. The normalized spacial score (nSPS) is 15.8. The lowest BCUT2D eigenvalue weighted by Crippen LogP contribution is -2.19. The summed E-state index contributed by atoms with van der Waals surface area (Å²) in [5.41, 5.74) is 14.0. The highest BCUT2D eigenvalue weighted by Crippen LogP contribution is 2.48. The first-order valence-electron chi connectivity index (χ1n) is 13.1. The van der Waals surface area contributed by atoms with Crippen molar-refractivity contribution in [2.24, 2.45) is 0 Å². The lowest BCUT2D eigenvalue weighted by molar-refractivity contribution is 0.726. The standard InChI is InChI=1S/C31H47P/c1-19(2)26-17-27(20(3)4)30(28(18-26)21(5)6)29-24(9)22(7)23(8)25(10)31(29)32-15-13-11-12-14-16-32/h17-21H,11-16H2,1-10H3. The van der Waals surface area contributed by atoms with Gasteiger partial charge in [0.25, 0.3) is 0 Å². The molecule has 0 nitrogen and oxygen atoms in total. The fraction of sp³-hybridized carbons (Fsp3) is 0.613. The Kier molecular flexibility index (Phi) is 8.30. The molecule has 2 aromatic carbocycles. The molecule has 0 amide bonds. The molecule has 0 aliphatic carbocycles. The van der Waals surface area contributed by atoms with Crippen LogP contribution in [-0.4, -0.2) is 12.3 Å². The van der Waals surface area contributed by atoms with Crippen LogP contribution in [0.15, 0.2) is 12.1 Å². The van der Waals surface area contributed by atoms with Crippen LogP contribution < -0.4 is 5.30 Å². The van der Waals surface area contributed by atoms with Crippen molar-refractivity contribution < 1.29 is 0 Å². The van der Waals surface area contributed by atoms with Gasteiger partial charge in [-0.05, 0) is 126 Å². The van der Waals surface area contributed by atoms with Crippen LogP contribution in [0.5, 0.6) is 0 Å². The highest BCUT2D eigenvalue weighted by atomic mass is 31.1. The van der Waals surface area contributed by atoms with Gasteiger partial charge >= 0.3 is 0 Å². The molecular weight excluding hydrogens is 403 g/mol. The molecule has 0 spiro atoms. The zero-order valence-electron chi connectivity index (χ0n) is 22.6. The van der Waals surface area contributed by atoms with E-state index in [9.17, 15) is 0 Å². The fourth-order valence-electron chi connectivity index (χ4n) is 5.53. The third-order valence-electron chi connectivity index (χ3n) is 7.96. The lowest BCUT2D eigenvalue weighted by Gasteiger charge is -2.31. The second-order valence-corrected chi connectivity index (χ2v) is 13.6. The molecule has 1 aliphatic heterocycles. The third-order valence-corrected chi connectivity index (χ3v) is 10.9. The first kappa shape index (κ1) is 25.5. The van der Waals surface area contributed by atoms with Crippen molar-refractivity contribution in [3.63, 3.8) is 0 Å². The fourth-order valence-corrected chi connectivity index (χ4v) is 8.65. The van der Waals surface area contributed by atoms with Crippen molar-refractivity contribution in [2.45, 2.75) is 113 Å². The van der Waals surface area contributed by atoms with Crippen molar-refractivity contribution in [3.8, 4) is 11.1 Å². The molecule has 1 aliphatic rings. The van der Waals surface area contributed by atoms with E-state index in [1.165, 1.54) is 60.3 Å². The second-order valence-electron chi connectivity index (χ2n) is 11.2. The topological polar surface area (TPSA) is 0 Å². The Bertz CT molecular complexity index is 924. The molecule has 0 atom stereocenters. The number of hydrogen-bond acceptors (Lipinski definition) is 0. The molecule has 0 bridgehead atoms. The van der Waals surface area contributed by atoms with Crippen LogP contribution in [0.4, 0.5) is 0 Å². The molecule has 0 unspecified atom stereocenters. The average molecular weight is 451 g/mol. The minimum Gasteiger partial charge on any atom is -0.0743 e.